The molecule has 2 aliphatic rings. The number of hydrogen-bond donors (Lipinski definition) is 2. The number of aliphatic hydroxyl groups is 1. The largest absolute Gasteiger partial charge is 0.480 e. The predicted molar refractivity (Wildman–Crippen MR) is 60.9 cm³/mol. The van der Waals surface area contributed by atoms with Crippen LogP contribution in [0.4, 0.5) is 0 Å². The molecular formula is C11H20N2O4. The van der Waals surface area contributed by atoms with Crippen molar-refractivity contribution in [2.45, 2.75) is 18.6 Å². The van der Waals surface area contributed by atoms with Crippen molar-refractivity contribution in [1.82, 2.24) is 9.80 Å². The van der Waals surface area contributed by atoms with E-state index in [0.29, 0.717) is 19.5 Å². The number of rotatable bonds is 4. The zero-order chi connectivity index (χ0) is 12.3. The van der Waals surface area contributed by atoms with Gasteiger partial charge in [0.05, 0.1) is 19.3 Å². The fraction of sp³-hybridized carbons (Fsp3) is 0.909. The average Bonchev–Trinajstić information content (AvgIpc) is 2.69. The van der Waals surface area contributed by atoms with E-state index in [1.807, 2.05) is 4.90 Å². The first-order valence-corrected chi connectivity index (χ1v) is 6.12. The van der Waals surface area contributed by atoms with Crippen LogP contribution in [0.2, 0.25) is 0 Å². The molecule has 0 aromatic carbocycles. The van der Waals surface area contributed by atoms with E-state index in [4.69, 9.17) is 9.84 Å². The first-order chi connectivity index (χ1) is 8.16. The summed E-state index contributed by atoms with van der Waals surface area (Å²) in [5.74, 6) is -0.830. The number of carboxylic acids is 1. The van der Waals surface area contributed by atoms with Gasteiger partial charge in [-0.15, -0.1) is 0 Å². The van der Waals surface area contributed by atoms with Crippen molar-refractivity contribution in [3.05, 3.63) is 0 Å². The molecule has 2 fully saturated rings. The standard InChI is InChI=1S/C11H20N2O4/c14-9-7-10(11(15)16)13(8-9)2-1-12-3-5-17-6-4-12/h9-10,14H,1-8H2,(H,15,16). The molecule has 0 aromatic rings. The molecule has 0 bridgehead atoms. The van der Waals surface area contributed by atoms with Gasteiger partial charge in [-0.3, -0.25) is 14.6 Å². The Balaban J connectivity index is 1.78. The Morgan fingerprint density at radius 2 is 2.00 bits per heavy atom. The summed E-state index contributed by atoms with van der Waals surface area (Å²) < 4.78 is 5.26. The fourth-order valence-corrected chi connectivity index (χ4v) is 2.48. The molecule has 98 valence electrons. The highest BCUT2D eigenvalue weighted by atomic mass is 16.5. The van der Waals surface area contributed by atoms with Crippen molar-refractivity contribution in [3.63, 3.8) is 0 Å². The quantitative estimate of drug-likeness (QED) is 0.650. The maximum Gasteiger partial charge on any atom is 0.321 e. The van der Waals surface area contributed by atoms with E-state index in [2.05, 4.69) is 4.90 Å². The topological polar surface area (TPSA) is 73.2 Å². The van der Waals surface area contributed by atoms with Gasteiger partial charge in [0.25, 0.3) is 0 Å². The van der Waals surface area contributed by atoms with Crippen LogP contribution in [0.25, 0.3) is 0 Å². The van der Waals surface area contributed by atoms with Crippen LogP contribution in [-0.2, 0) is 9.53 Å². The molecule has 2 atom stereocenters. The molecule has 2 rings (SSSR count). The number of carbonyl (C=O) groups is 1. The second kappa shape index (κ2) is 5.77. The van der Waals surface area contributed by atoms with E-state index < -0.39 is 18.1 Å². The molecule has 2 aliphatic heterocycles. The highest BCUT2D eigenvalue weighted by Gasteiger charge is 2.35. The van der Waals surface area contributed by atoms with Crippen molar-refractivity contribution in [2.75, 3.05) is 45.9 Å². The first-order valence-electron chi connectivity index (χ1n) is 6.12. The zero-order valence-electron chi connectivity index (χ0n) is 9.92. The molecule has 2 N–H and O–H groups in total. The second-order valence-electron chi connectivity index (χ2n) is 4.69. The number of morpholine rings is 1. The van der Waals surface area contributed by atoms with Crippen LogP contribution in [0, 0.1) is 0 Å². The molecule has 0 spiro atoms. The average molecular weight is 244 g/mol. The van der Waals surface area contributed by atoms with Crippen LogP contribution in [0.5, 0.6) is 0 Å². The van der Waals surface area contributed by atoms with Gasteiger partial charge in [-0.2, -0.15) is 0 Å². The Hall–Kier alpha value is -0.690. The van der Waals surface area contributed by atoms with Crippen molar-refractivity contribution >= 4 is 5.97 Å². The summed E-state index contributed by atoms with van der Waals surface area (Å²) >= 11 is 0. The van der Waals surface area contributed by atoms with Gasteiger partial charge in [0.15, 0.2) is 0 Å². The lowest BCUT2D eigenvalue weighted by Gasteiger charge is -2.29. The third-order valence-electron chi connectivity index (χ3n) is 3.47. The molecular weight excluding hydrogens is 224 g/mol. The second-order valence-corrected chi connectivity index (χ2v) is 4.69. The number of aliphatic hydroxyl groups excluding tert-OH is 1. The van der Waals surface area contributed by atoms with Crippen LogP contribution in [-0.4, -0.2) is 84.1 Å². The minimum absolute atomic E-state index is 0.346. The van der Waals surface area contributed by atoms with Crippen molar-refractivity contribution in [1.29, 1.82) is 0 Å². The lowest BCUT2D eigenvalue weighted by Crippen LogP contribution is -2.44. The van der Waals surface area contributed by atoms with Gasteiger partial charge in [-0.25, -0.2) is 0 Å². The molecule has 0 radical (unpaired) electrons. The van der Waals surface area contributed by atoms with E-state index in [-0.39, 0.29) is 0 Å². The lowest BCUT2D eigenvalue weighted by atomic mass is 10.2. The van der Waals surface area contributed by atoms with Crippen molar-refractivity contribution in [3.8, 4) is 0 Å². The SMILES string of the molecule is O=C(O)C1CC(O)CN1CCN1CCOCC1. The lowest BCUT2D eigenvalue weighted by molar-refractivity contribution is -0.142. The third kappa shape index (κ3) is 3.38. The van der Waals surface area contributed by atoms with Gasteiger partial charge in [0, 0.05) is 39.1 Å². The summed E-state index contributed by atoms with van der Waals surface area (Å²) in [4.78, 5) is 15.2. The number of hydrogen-bond acceptors (Lipinski definition) is 5. The Bertz CT molecular complexity index is 268. The summed E-state index contributed by atoms with van der Waals surface area (Å²) in [5, 5.41) is 18.6. The number of likely N-dealkylation sites (tertiary alicyclic amines) is 1. The molecule has 6 heteroatoms. The van der Waals surface area contributed by atoms with E-state index in [9.17, 15) is 9.90 Å². The molecule has 0 amide bonds. The molecule has 2 heterocycles. The van der Waals surface area contributed by atoms with Gasteiger partial charge < -0.3 is 14.9 Å². The Kier molecular flexibility index (Phi) is 4.33. The van der Waals surface area contributed by atoms with Crippen LogP contribution in [0.15, 0.2) is 0 Å². The fourth-order valence-electron chi connectivity index (χ4n) is 2.48. The number of carboxylic acid groups (broad SMARTS) is 1. The maximum absolute atomic E-state index is 11.0. The van der Waals surface area contributed by atoms with Gasteiger partial charge in [-0.1, -0.05) is 0 Å². The Labute approximate surface area is 101 Å². The van der Waals surface area contributed by atoms with E-state index in [1.54, 1.807) is 0 Å². The smallest absolute Gasteiger partial charge is 0.321 e. The van der Waals surface area contributed by atoms with E-state index in [0.717, 1.165) is 32.8 Å². The molecule has 0 aliphatic carbocycles. The molecule has 6 nitrogen and oxygen atoms in total. The van der Waals surface area contributed by atoms with Gasteiger partial charge >= 0.3 is 5.97 Å². The highest BCUT2D eigenvalue weighted by Crippen LogP contribution is 2.17. The minimum Gasteiger partial charge on any atom is -0.480 e. The molecule has 2 saturated heterocycles. The summed E-state index contributed by atoms with van der Waals surface area (Å²) in [7, 11) is 0. The van der Waals surface area contributed by atoms with Gasteiger partial charge in [0.1, 0.15) is 6.04 Å². The monoisotopic (exact) mass is 244 g/mol. The van der Waals surface area contributed by atoms with Crippen LogP contribution < -0.4 is 0 Å². The third-order valence-corrected chi connectivity index (χ3v) is 3.47. The maximum atomic E-state index is 11.0. The normalized spacial score (nSPS) is 31.8. The molecule has 0 aromatic heterocycles. The number of ether oxygens (including phenoxy) is 1. The van der Waals surface area contributed by atoms with E-state index in [1.165, 1.54) is 0 Å². The summed E-state index contributed by atoms with van der Waals surface area (Å²) in [6.07, 6.45) is -0.154. The van der Waals surface area contributed by atoms with Crippen LogP contribution >= 0.6 is 0 Å². The summed E-state index contributed by atoms with van der Waals surface area (Å²) in [6, 6.07) is -0.522. The predicted octanol–water partition coefficient (Wildman–Crippen LogP) is -1.16. The van der Waals surface area contributed by atoms with Crippen molar-refractivity contribution in [2.24, 2.45) is 0 Å². The Morgan fingerprint density at radius 1 is 1.29 bits per heavy atom. The van der Waals surface area contributed by atoms with E-state index >= 15 is 0 Å². The number of β-amino-alcohol motifs (C(OH)–C–C–N with tert-alkyl or cyclic N) is 1. The van der Waals surface area contributed by atoms with Crippen LogP contribution in [0.1, 0.15) is 6.42 Å². The molecule has 17 heavy (non-hydrogen) atoms. The van der Waals surface area contributed by atoms with Crippen molar-refractivity contribution < 1.29 is 19.7 Å². The molecule has 0 saturated carbocycles. The number of aliphatic carboxylic acids is 1. The minimum atomic E-state index is -0.830. The number of nitrogens with zero attached hydrogens (tertiary/aromatic N) is 2. The Morgan fingerprint density at radius 3 is 2.65 bits per heavy atom. The van der Waals surface area contributed by atoms with Gasteiger partial charge in [0.2, 0.25) is 0 Å². The molecule has 2 unspecified atom stereocenters. The van der Waals surface area contributed by atoms with Gasteiger partial charge in [-0.05, 0) is 0 Å². The zero-order valence-corrected chi connectivity index (χ0v) is 9.92. The summed E-state index contributed by atoms with van der Waals surface area (Å²) in [5.41, 5.74) is 0. The van der Waals surface area contributed by atoms with Crippen LogP contribution in [0.3, 0.4) is 0 Å². The first kappa shape index (κ1) is 12.8. The summed E-state index contributed by atoms with van der Waals surface area (Å²) in [6.45, 7) is 5.35. The highest BCUT2D eigenvalue weighted by molar-refractivity contribution is 5.74.